The largest absolute Gasteiger partial charge is 0.351 e. The molecule has 1 unspecified atom stereocenters. The number of nitrogens with one attached hydrogen (secondary N) is 2. The van der Waals surface area contributed by atoms with E-state index in [0.717, 1.165) is 42.3 Å². The van der Waals surface area contributed by atoms with Gasteiger partial charge in [0.25, 0.3) is 11.8 Å². The van der Waals surface area contributed by atoms with Crippen molar-refractivity contribution < 1.29 is 14.4 Å². The van der Waals surface area contributed by atoms with Gasteiger partial charge < -0.3 is 10.2 Å². The van der Waals surface area contributed by atoms with Gasteiger partial charge in [-0.25, -0.2) is 0 Å². The van der Waals surface area contributed by atoms with Crippen LogP contribution in [0.15, 0.2) is 53.5 Å². The molecule has 0 aliphatic carbocycles. The molecule has 0 saturated carbocycles. The van der Waals surface area contributed by atoms with Gasteiger partial charge in [-0.05, 0) is 63.4 Å². The van der Waals surface area contributed by atoms with Gasteiger partial charge in [0.15, 0.2) is 5.17 Å². The monoisotopic (exact) mass is 493 g/mol. The first kappa shape index (κ1) is 24.8. The topological polar surface area (TPSA) is 94.1 Å². The van der Waals surface area contributed by atoms with Gasteiger partial charge in [-0.3, -0.25) is 24.8 Å². The highest BCUT2D eigenvalue weighted by atomic mass is 32.2. The van der Waals surface area contributed by atoms with Crippen molar-refractivity contribution in [3.8, 4) is 0 Å². The molecular formula is C26H31N5O3S. The molecule has 2 heterocycles. The molecule has 1 fully saturated rings. The van der Waals surface area contributed by atoms with Crippen molar-refractivity contribution in [2.75, 3.05) is 30.0 Å². The normalized spacial score (nSPS) is 17.7. The Morgan fingerprint density at radius 1 is 1.11 bits per heavy atom. The van der Waals surface area contributed by atoms with Crippen LogP contribution in [-0.4, -0.2) is 52.7 Å². The lowest BCUT2D eigenvalue weighted by Gasteiger charge is -2.27. The summed E-state index contributed by atoms with van der Waals surface area (Å²) in [6.07, 6.45) is 3.44. The first-order valence-corrected chi connectivity index (χ1v) is 12.9. The number of aliphatic imine (C=N–C) groups is 1. The first-order chi connectivity index (χ1) is 16.9. The SMILES string of the molecule is CCN(NC(=O)c1cccc(NC(=O)CC2SC(N3CCCCC3)=NC2=O)c1)c1ccc(C)cc1. The summed E-state index contributed by atoms with van der Waals surface area (Å²) in [5.74, 6) is -0.808. The lowest BCUT2D eigenvalue weighted by Crippen LogP contribution is -2.42. The van der Waals surface area contributed by atoms with E-state index in [4.69, 9.17) is 0 Å². The van der Waals surface area contributed by atoms with E-state index >= 15 is 0 Å². The number of hydrogen-bond acceptors (Lipinski definition) is 6. The third-order valence-corrected chi connectivity index (χ3v) is 7.25. The van der Waals surface area contributed by atoms with Gasteiger partial charge in [0.1, 0.15) is 5.25 Å². The number of amides is 3. The van der Waals surface area contributed by atoms with Gasteiger partial charge >= 0.3 is 0 Å². The van der Waals surface area contributed by atoms with Crippen LogP contribution in [0, 0.1) is 6.92 Å². The maximum atomic E-state index is 12.9. The molecular weight excluding hydrogens is 462 g/mol. The number of carbonyl (C=O) groups excluding carboxylic acids is 3. The molecule has 3 amide bonds. The first-order valence-electron chi connectivity index (χ1n) is 12.0. The van der Waals surface area contributed by atoms with Crippen LogP contribution in [0.3, 0.4) is 0 Å². The standard InChI is InChI=1S/C26H31N5O3S/c1-3-31(21-12-10-18(2)11-13-21)29-24(33)19-8-7-9-20(16-19)27-23(32)17-22-25(34)28-26(35-22)30-14-5-4-6-15-30/h7-13,16,22H,3-6,14-15,17H2,1-2H3,(H,27,32)(H,29,33). The number of thioether (sulfide) groups is 1. The van der Waals surface area contributed by atoms with E-state index in [-0.39, 0.29) is 24.1 Å². The predicted octanol–water partition coefficient (Wildman–Crippen LogP) is 3.98. The minimum atomic E-state index is -0.508. The van der Waals surface area contributed by atoms with Gasteiger partial charge in [-0.15, -0.1) is 0 Å². The molecule has 4 rings (SSSR count). The number of hydrogen-bond donors (Lipinski definition) is 2. The second kappa shape index (κ2) is 11.4. The zero-order chi connectivity index (χ0) is 24.8. The third kappa shape index (κ3) is 6.42. The molecule has 0 radical (unpaired) electrons. The molecule has 2 aromatic rings. The summed E-state index contributed by atoms with van der Waals surface area (Å²) in [7, 11) is 0. The van der Waals surface area contributed by atoms with Crippen molar-refractivity contribution in [3.63, 3.8) is 0 Å². The van der Waals surface area contributed by atoms with Crippen LogP contribution in [0.4, 0.5) is 11.4 Å². The lowest BCUT2D eigenvalue weighted by atomic mass is 10.1. The molecule has 9 heteroatoms. The fourth-order valence-electron chi connectivity index (χ4n) is 4.09. The van der Waals surface area contributed by atoms with Crippen molar-refractivity contribution in [2.24, 2.45) is 4.99 Å². The number of aryl methyl sites for hydroxylation is 1. The number of nitrogens with zero attached hydrogens (tertiary/aromatic N) is 3. The van der Waals surface area contributed by atoms with E-state index in [2.05, 4.69) is 20.6 Å². The minimum absolute atomic E-state index is 0.0395. The van der Waals surface area contributed by atoms with Gasteiger partial charge in [-0.1, -0.05) is 35.5 Å². The van der Waals surface area contributed by atoms with Gasteiger partial charge in [0.2, 0.25) is 5.91 Å². The number of carbonyl (C=O) groups is 3. The fraction of sp³-hybridized carbons (Fsp3) is 0.385. The van der Waals surface area contributed by atoms with Gasteiger partial charge in [0, 0.05) is 37.3 Å². The summed E-state index contributed by atoms with van der Waals surface area (Å²) in [5.41, 5.74) is 5.88. The number of hydrazine groups is 1. The Balaban J connectivity index is 1.33. The van der Waals surface area contributed by atoms with Crippen molar-refractivity contribution in [1.29, 1.82) is 0 Å². The van der Waals surface area contributed by atoms with E-state index in [1.54, 1.807) is 29.3 Å². The van der Waals surface area contributed by atoms with E-state index in [9.17, 15) is 14.4 Å². The third-order valence-electron chi connectivity index (χ3n) is 6.03. The van der Waals surface area contributed by atoms with Crippen molar-refractivity contribution in [2.45, 2.75) is 44.8 Å². The molecule has 2 N–H and O–H groups in total. The van der Waals surface area contributed by atoms with Crippen LogP contribution in [0.2, 0.25) is 0 Å². The summed E-state index contributed by atoms with van der Waals surface area (Å²) >= 11 is 1.38. The second-order valence-electron chi connectivity index (χ2n) is 8.74. The van der Waals surface area contributed by atoms with Crippen LogP contribution in [0.1, 0.15) is 48.5 Å². The smallest absolute Gasteiger partial charge is 0.269 e. The van der Waals surface area contributed by atoms with Crippen molar-refractivity contribution in [1.82, 2.24) is 10.3 Å². The Morgan fingerprint density at radius 2 is 1.86 bits per heavy atom. The molecule has 0 bridgehead atoms. The van der Waals surface area contributed by atoms with Gasteiger partial charge in [0.05, 0.1) is 5.69 Å². The molecule has 184 valence electrons. The minimum Gasteiger partial charge on any atom is -0.351 e. The second-order valence-corrected chi connectivity index (χ2v) is 9.91. The van der Waals surface area contributed by atoms with E-state index in [0.29, 0.717) is 17.8 Å². The Morgan fingerprint density at radius 3 is 2.57 bits per heavy atom. The predicted molar refractivity (Wildman–Crippen MR) is 141 cm³/mol. The Hall–Kier alpha value is -3.33. The average molecular weight is 494 g/mol. The van der Waals surface area contributed by atoms with Crippen LogP contribution in [0.5, 0.6) is 0 Å². The molecule has 0 aromatic heterocycles. The van der Waals surface area contributed by atoms with Crippen LogP contribution in [-0.2, 0) is 9.59 Å². The Bertz CT molecular complexity index is 1110. The highest BCUT2D eigenvalue weighted by Crippen LogP contribution is 2.29. The maximum Gasteiger partial charge on any atom is 0.269 e. The zero-order valence-electron chi connectivity index (χ0n) is 20.1. The maximum absolute atomic E-state index is 12.9. The number of rotatable bonds is 7. The molecule has 2 aromatic carbocycles. The van der Waals surface area contributed by atoms with E-state index < -0.39 is 5.25 Å². The van der Waals surface area contributed by atoms with Crippen molar-refractivity contribution >= 4 is 46.0 Å². The average Bonchev–Trinajstić information content (AvgIpc) is 3.23. The molecule has 35 heavy (non-hydrogen) atoms. The summed E-state index contributed by atoms with van der Waals surface area (Å²) in [4.78, 5) is 44.2. The summed E-state index contributed by atoms with van der Waals surface area (Å²) in [6, 6.07) is 14.7. The summed E-state index contributed by atoms with van der Waals surface area (Å²) in [5, 5.41) is 4.82. The van der Waals surface area contributed by atoms with E-state index in [1.165, 1.54) is 18.2 Å². The highest BCUT2D eigenvalue weighted by Gasteiger charge is 2.33. The number of piperidine rings is 1. The molecule has 2 aliphatic rings. The van der Waals surface area contributed by atoms with E-state index in [1.807, 2.05) is 38.1 Å². The molecule has 8 nitrogen and oxygen atoms in total. The van der Waals surface area contributed by atoms with Crippen LogP contribution >= 0.6 is 11.8 Å². The van der Waals surface area contributed by atoms with Crippen LogP contribution < -0.4 is 15.8 Å². The van der Waals surface area contributed by atoms with Crippen LogP contribution in [0.25, 0.3) is 0 Å². The number of anilines is 2. The number of benzene rings is 2. The highest BCUT2D eigenvalue weighted by molar-refractivity contribution is 8.15. The van der Waals surface area contributed by atoms with Gasteiger partial charge in [-0.2, -0.15) is 4.99 Å². The Kier molecular flexibility index (Phi) is 8.07. The summed E-state index contributed by atoms with van der Waals surface area (Å²) in [6.45, 7) is 6.39. The number of amidine groups is 1. The lowest BCUT2D eigenvalue weighted by molar-refractivity contribution is -0.121. The molecule has 1 saturated heterocycles. The van der Waals surface area contributed by atoms with Crippen molar-refractivity contribution in [3.05, 3.63) is 59.7 Å². The molecule has 0 spiro atoms. The Labute approximate surface area is 210 Å². The molecule has 1 atom stereocenters. The molecule has 2 aliphatic heterocycles. The quantitative estimate of drug-likeness (QED) is 0.567. The number of likely N-dealkylation sites (tertiary alicyclic amines) is 1. The fourth-order valence-corrected chi connectivity index (χ4v) is 5.20. The summed E-state index contributed by atoms with van der Waals surface area (Å²) < 4.78 is 0. The zero-order valence-corrected chi connectivity index (χ0v) is 20.9.